The lowest BCUT2D eigenvalue weighted by molar-refractivity contribution is 0.750. The van der Waals surface area contributed by atoms with Gasteiger partial charge in [0.2, 0.25) is 0 Å². The maximum atomic E-state index is 3.99. The minimum Gasteiger partial charge on any atom is -0.368 e. The van der Waals surface area contributed by atoms with Crippen LogP contribution in [0.2, 0.25) is 0 Å². The van der Waals surface area contributed by atoms with Crippen molar-refractivity contribution in [2.45, 2.75) is 45.6 Å². The van der Waals surface area contributed by atoms with Crippen LogP contribution in [-0.2, 0) is 0 Å². The summed E-state index contributed by atoms with van der Waals surface area (Å²) in [5, 5.41) is 2.81. The van der Waals surface area contributed by atoms with Crippen molar-refractivity contribution in [3.63, 3.8) is 0 Å². The van der Waals surface area contributed by atoms with Crippen LogP contribution in [0.3, 0.4) is 0 Å². The standard InChI is InChI=1S/C30H28BrN/c1-17-15-27-26(16-28-29(30(27)31)18(2)19(3)32(28)4)20(17)13-14-25-23-11-7-5-9-21(23)22-10-6-8-12-24(22)25/h5-12,15-16,19,25H,13-14H2,1-4H3. The highest BCUT2D eigenvalue weighted by Crippen LogP contribution is 2.47. The highest BCUT2D eigenvalue weighted by Gasteiger charge is 2.30. The molecule has 32 heavy (non-hydrogen) atoms. The molecule has 0 bridgehead atoms. The van der Waals surface area contributed by atoms with Crippen molar-refractivity contribution < 1.29 is 0 Å². The van der Waals surface area contributed by atoms with Crippen LogP contribution in [-0.4, -0.2) is 13.1 Å². The Bertz CT molecular complexity index is 1400. The number of fused-ring (bicyclic) bond motifs is 5. The van der Waals surface area contributed by atoms with E-state index in [1.807, 2.05) is 0 Å². The van der Waals surface area contributed by atoms with Gasteiger partial charge in [-0.2, -0.15) is 0 Å². The van der Waals surface area contributed by atoms with E-state index in [0.717, 1.165) is 12.8 Å². The van der Waals surface area contributed by atoms with Crippen molar-refractivity contribution in [2.24, 2.45) is 0 Å². The Kier molecular flexibility index (Phi) is 4.52. The van der Waals surface area contributed by atoms with Gasteiger partial charge in [0, 0.05) is 34.4 Å². The first-order chi connectivity index (χ1) is 15.5. The zero-order chi connectivity index (χ0) is 22.1. The minimum absolute atomic E-state index is 0.448. The Balaban J connectivity index is 1.44. The van der Waals surface area contributed by atoms with E-state index < -0.39 is 0 Å². The molecule has 160 valence electrons. The fourth-order valence-corrected chi connectivity index (χ4v) is 6.96. The first-order valence-electron chi connectivity index (χ1n) is 11.6. The van der Waals surface area contributed by atoms with Gasteiger partial charge in [0.15, 0.2) is 0 Å². The van der Waals surface area contributed by atoms with Crippen molar-refractivity contribution in [1.29, 1.82) is 0 Å². The van der Waals surface area contributed by atoms with Crippen LogP contribution in [0.4, 0.5) is 5.69 Å². The van der Waals surface area contributed by atoms with E-state index in [1.165, 1.54) is 65.1 Å². The number of allylic oxidation sites excluding steroid dienone is 1. The maximum absolute atomic E-state index is 3.99. The van der Waals surface area contributed by atoms with Crippen LogP contribution in [0.25, 0.3) is 28.3 Å². The Morgan fingerprint density at radius 2 is 1.56 bits per heavy atom. The summed E-state index contributed by atoms with van der Waals surface area (Å²) in [5.41, 5.74) is 12.9. The molecular weight excluding hydrogens is 454 g/mol. The molecule has 1 unspecified atom stereocenters. The summed E-state index contributed by atoms with van der Waals surface area (Å²) in [4.78, 5) is 2.42. The quantitative estimate of drug-likeness (QED) is 0.406. The summed E-state index contributed by atoms with van der Waals surface area (Å²) < 4.78 is 1.27. The highest BCUT2D eigenvalue weighted by atomic mass is 79.9. The first-order valence-corrected chi connectivity index (χ1v) is 12.4. The van der Waals surface area contributed by atoms with Crippen LogP contribution in [0.1, 0.15) is 56.2 Å². The third-order valence-corrected chi connectivity index (χ3v) is 8.90. The normalized spacial score (nSPS) is 18.6. The monoisotopic (exact) mass is 481 g/mol. The zero-order valence-electron chi connectivity index (χ0n) is 19.2. The Hall–Kier alpha value is -2.58. The maximum Gasteiger partial charge on any atom is 0.0478 e. The third-order valence-electron chi connectivity index (χ3n) is 8.07. The van der Waals surface area contributed by atoms with Crippen LogP contribution < -0.4 is 15.3 Å². The molecule has 3 aromatic rings. The summed E-state index contributed by atoms with van der Waals surface area (Å²) in [7, 11) is 2.22. The molecule has 3 aromatic carbocycles. The van der Waals surface area contributed by atoms with E-state index in [-0.39, 0.29) is 0 Å². The highest BCUT2D eigenvalue weighted by molar-refractivity contribution is 9.10. The van der Waals surface area contributed by atoms with E-state index >= 15 is 0 Å². The number of benzene rings is 3. The Morgan fingerprint density at radius 3 is 2.22 bits per heavy atom. The van der Waals surface area contributed by atoms with Gasteiger partial charge in [-0.25, -0.2) is 0 Å². The van der Waals surface area contributed by atoms with Gasteiger partial charge in [0.05, 0.1) is 0 Å². The summed E-state index contributed by atoms with van der Waals surface area (Å²) in [6.07, 6.45) is 4.62. The molecular formula is C30H28BrN. The van der Waals surface area contributed by atoms with Crippen LogP contribution >= 0.6 is 15.9 Å². The lowest BCUT2D eigenvalue weighted by Gasteiger charge is -2.21. The van der Waals surface area contributed by atoms with Gasteiger partial charge in [-0.15, -0.1) is 0 Å². The molecule has 2 heteroatoms. The van der Waals surface area contributed by atoms with Gasteiger partial charge < -0.3 is 4.90 Å². The topological polar surface area (TPSA) is 3.24 Å². The first kappa shape index (κ1) is 20.1. The summed E-state index contributed by atoms with van der Waals surface area (Å²) in [6, 6.07) is 20.8. The molecule has 1 nitrogen and oxygen atoms in total. The lowest BCUT2D eigenvalue weighted by Crippen LogP contribution is -2.26. The van der Waals surface area contributed by atoms with Gasteiger partial charge in [-0.3, -0.25) is 0 Å². The third kappa shape index (κ3) is 2.69. The lowest BCUT2D eigenvalue weighted by atomic mass is 9.89. The van der Waals surface area contributed by atoms with E-state index in [2.05, 4.69) is 109 Å². The molecule has 0 saturated carbocycles. The predicted molar refractivity (Wildman–Crippen MR) is 140 cm³/mol. The van der Waals surface area contributed by atoms with Gasteiger partial charge in [-0.1, -0.05) is 48.5 Å². The molecule has 1 atom stereocenters. The van der Waals surface area contributed by atoms with Gasteiger partial charge in [0.1, 0.15) is 0 Å². The molecule has 0 spiro atoms. The fourth-order valence-electron chi connectivity index (χ4n) is 6.11. The largest absolute Gasteiger partial charge is 0.368 e. The van der Waals surface area contributed by atoms with Crippen molar-refractivity contribution >= 4 is 38.8 Å². The van der Waals surface area contributed by atoms with Crippen LogP contribution in [0.15, 0.2) is 64.6 Å². The molecule has 0 radical (unpaired) electrons. The van der Waals surface area contributed by atoms with Crippen LogP contribution in [0.5, 0.6) is 0 Å². The van der Waals surface area contributed by atoms with Gasteiger partial charge in [-0.05, 0) is 111 Å². The molecule has 2 aliphatic carbocycles. The molecule has 0 N–H and O–H groups in total. The van der Waals surface area contributed by atoms with Crippen molar-refractivity contribution in [3.05, 3.63) is 91.8 Å². The number of halogens is 1. The summed E-state index contributed by atoms with van der Waals surface area (Å²) >= 11 is 3.99. The molecule has 0 amide bonds. The SMILES string of the molecule is CC1=Cc2c(Br)c3c(cc2=C1CCC1c2ccccc2-c2ccccc21)N(C)C(C)C=3C. The average molecular weight is 482 g/mol. The molecule has 0 saturated heterocycles. The molecule has 1 aliphatic heterocycles. The number of hydrogen-bond acceptors (Lipinski definition) is 1. The number of nitrogens with zero attached hydrogens (tertiary/aromatic N) is 1. The van der Waals surface area contributed by atoms with Gasteiger partial charge >= 0.3 is 0 Å². The van der Waals surface area contributed by atoms with E-state index in [9.17, 15) is 0 Å². The summed E-state index contributed by atoms with van der Waals surface area (Å²) in [5.74, 6) is 0.475. The summed E-state index contributed by atoms with van der Waals surface area (Å²) in [6.45, 7) is 6.86. The number of rotatable bonds is 3. The number of hydrogen-bond donors (Lipinski definition) is 0. The molecule has 3 aliphatic rings. The van der Waals surface area contributed by atoms with Crippen LogP contribution in [0, 0.1) is 0 Å². The Morgan fingerprint density at radius 1 is 0.938 bits per heavy atom. The predicted octanol–water partition coefficient (Wildman–Crippen LogP) is 6.62. The zero-order valence-corrected chi connectivity index (χ0v) is 20.8. The van der Waals surface area contributed by atoms with Gasteiger partial charge in [0.25, 0.3) is 0 Å². The van der Waals surface area contributed by atoms with E-state index in [4.69, 9.17) is 0 Å². The van der Waals surface area contributed by atoms with E-state index in [1.54, 1.807) is 0 Å². The molecule has 0 aromatic heterocycles. The van der Waals surface area contributed by atoms with Crippen molar-refractivity contribution in [2.75, 3.05) is 11.9 Å². The number of anilines is 1. The fraction of sp³-hybridized carbons (Fsp3) is 0.267. The van der Waals surface area contributed by atoms with E-state index in [0.29, 0.717) is 12.0 Å². The van der Waals surface area contributed by atoms with Crippen molar-refractivity contribution in [3.8, 4) is 11.1 Å². The minimum atomic E-state index is 0.448. The second kappa shape index (κ2) is 7.22. The van der Waals surface area contributed by atoms with Crippen molar-refractivity contribution in [1.82, 2.24) is 0 Å². The molecule has 1 heterocycles. The molecule has 6 rings (SSSR count). The molecule has 0 fully saturated rings. The average Bonchev–Trinajstić information content (AvgIpc) is 3.37. The second-order valence-electron chi connectivity index (χ2n) is 9.59. The Labute approximate surface area is 198 Å². The second-order valence-corrected chi connectivity index (χ2v) is 10.4. The smallest absolute Gasteiger partial charge is 0.0478 e.